The Morgan fingerprint density at radius 3 is 1.02 bits per heavy atom. The minimum absolute atomic E-state index is 0.0140. The first-order valence-electron chi connectivity index (χ1n) is 27.0. The molecule has 0 spiro atoms. The fraction of sp³-hybridized carbons (Fsp3) is 0.724. The maximum absolute atomic E-state index is 13.2. The molecule has 5 rings (SSSR count). The van der Waals surface area contributed by atoms with Crippen molar-refractivity contribution in [3.8, 4) is 11.5 Å². The lowest BCUT2D eigenvalue weighted by Gasteiger charge is -2.29. The Hall–Kier alpha value is -3.28. The second-order valence-corrected chi connectivity index (χ2v) is 20.2. The molecule has 2 aliphatic rings. The molecule has 0 aliphatic heterocycles. The number of hydrogen-bond acceptors (Lipinski definition) is 6. The van der Waals surface area contributed by atoms with Crippen molar-refractivity contribution in [2.45, 2.75) is 258 Å². The molecule has 3 aromatic carbocycles. The van der Waals surface area contributed by atoms with E-state index in [4.69, 9.17) is 18.9 Å². The normalized spacial score (nSPS) is 19.9. The van der Waals surface area contributed by atoms with Crippen molar-refractivity contribution in [1.82, 2.24) is 0 Å². The van der Waals surface area contributed by atoms with E-state index in [1.54, 1.807) is 0 Å². The highest BCUT2D eigenvalue weighted by Gasteiger charge is 2.27. The molecule has 2 saturated carbocycles. The molecule has 0 amide bonds. The predicted octanol–water partition coefficient (Wildman–Crippen LogP) is 17.1. The molecule has 0 aromatic heterocycles. The molecular formula is C58H90O6. The summed E-state index contributed by atoms with van der Waals surface area (Å²) in [6.45, 7) is 8.48. The molecule has 358 valence electrons. The average Bonchev–Trinajstić information content (AvgIpc) is 3.29. The zero-order valence-electron chi connectivity index (χ0n) is 41.2. The number of rotatable bonds is 32. The molecule has 0 bridgehead atoms. The second-order valence-electron chi connectivity index (χ2n) is 20.2. The number of hydrogen-bond donors (Lipinski definition) is 0. The van der Waals surface area contributed by atoms with Gasteiger partial charge in [0.1, 0.15) is 35.9 Å². The Morgan fingerprint density at radius 2 is 0.719 bits per heavy atom. The Kier molecular flexibility index (Phi) is 24.3. The lowest BCUT2D eigenvalue weighted by Crippen LogP contribution is -2.27. The van der Waals surface area contributed by atoms with Gasteiger partial charge in [-0.25, -0.2) is 0 Å². The lowest BCUT2D eigenvalue weighted by atomic mass is 9.84. The van der Waals surface area contributed by atoms with Crippen LogP contribution in [-0.4, -0.2) is 36.4 Å². The van der Waals surface area contributed by atoms with Crippen LogP contribution in [-0.2, 0) is 19.1 Å². The summed E-state index contributed by atoms with van der Waals surface area (Å²) in [4.78, 5) is 26.5. The van der Waals surface area contributed by atoms with Crippen molar-refractivity contribution >= 4 is 33.5 Å². The summed E-state index contributed by atoms with van der Waals surface area (Å²) in [6.07, 6.45) is 38.4. The predicted molar refractivity (Wildman–Crippen MR) is 267 cm³/mol. The van der Waals surface area contributed by atoms with Crippen LogP contribution >= 0.6 is 0 Å². The second kappa shape index (κ2) is 30.1. The SMILES string of the molecule is CCCCCCCCCCCCC1CCC(OC(=O)CC(C)Oc2c3ccccc3c(OC(C)CC(=O)OC3CCC(CCCCCCCCCCCC)CC3)c3ccccc23)CC1. The summed E-state index contributed by atoms with van der Waals surface area (Å²) < 4.78 is 25.4. The van der Waals surface area contributed by atoms with Crippen LogP contribution in [0.4, 0.5) is 0 Å². The third kappa shape index (κ3) is 18.5. The molecule has 2 fully saturated rings. The zero-order valence-corrected chi connectivity index (χ0v) is 41.2. The molecule has 0 saturated heterocycles. The van der Waals surface area contributed by atoms with Gasteiger partial charge in [0.15, 0.2) is 0 Å². The van der Waals surface area contributed by atoms with Crippen molar-refractivity contribution in [3.63, 3.8) is 0 Å². The van der Waals surface area contributed by atoms with Gasteiger partial charge >= 0.3 is 11.9 Å². The quantitative estimate of drug-likeness (QED) is 0.0353. The van der Waals surface area contributed by atoms with Crippen LogP contribution in [0.5, 0.6) is 11.5 Å². The Labute approximate surface area is 390 Å². The van der Waals surface area contributed by atoms with Gasteiger partial charge in [-0.2, -0.15) is 0 Å². The van der Waals surface area contributed by atoms with Gasteiger partial charge in [0.05, 0.1) is 12.8 Å². The smallest absolute Gasteiger partial charge is 0.309 e. The number of ether oxygens (including phenoxy) is 4. The fourth-order valence-corrected chi connectivity index (χ4v) is 10.6. The van der Waals surface area contributed by atoms with Gasteiger partial charge in [0, 0.05) is 21.5 Å². The summed E-state index contributed by atoms with van der Waals surface area (Å²) in [5.74, 6) is 2.66. The molecule has 3 aromatic rings. The highest BCUT2D eigenvalue weighted by Crippen LogP contribution is 2.44. The molecular weight excluding hydrogens is 793 g/mol. The molecule has 0 heterocycles. The van der Waals surface area contributed by atoms with Gasteiger partial charge in [-0.15, -0.1) is 0 Å². The monoisotopic (exact) mass is 883 g/mol. The van der Waals surface area contributed by atoms with E-state index < -0.39 is 0 Å². The van der Waals surface area contributed by atoms with Crippen molar-refractivity contribution in [2.75, 3.05) is 0 Å². The van der Waals surface area contributed by atoms with E-state index in [9.17, 15) is 9.59 Å². The van der Waals surface area contributed by atoms with Gasteiger partial charge in [0.2, 0.25) is 0 Å². The summed E-state index contributed by atoms with van der Waals surface area (Å²) >= 11 is 0. The highest BCUT2D eigenvalue weighted by molar-refractivity contribution is 6.11. The highest BCUT2D eigenvalue weighted by atomic mass is 16.6. The first kappa shape index (κ1) is 51.7. The van der Waals surface area contributed by atoms with Crippen LogP contribution in [0.2, 0.25) is 0 Å². The third-order valence-electron chi connectivity index (χ3n) is 14.5. The maximum atomic E-state index is 13.2. The van der Waals surface area contributed by atoms with Crippen molar-refractivity contribution in [2.24, 2.45) is 11.8 Å². The van der Waals surface area contributed by atoms with E-state index in [1.807, 2.05) is 38.1 Å². The number of unbranched alkanes of at least 4 members (excludes halogenated alkanes) is 18. The first-order chi connectivity index (χ1) is 31.3. The molecule has 0 N–H and O–H groups in total. The van der Waals surface area contributed by atoms with Crippen LogP contribution < -0.4 is 9.47 Å². The third-order valence-corrected chi connectivity index (χ3v) is 14.5. The van der Waals surface area contributed by atoms with Gasteiger partial charge in [-0.3, -0.25) is 9.59 Å². The number of carbonyl (C=O) groups is 2. The summed E-state index contributed by atoms with van der Waals surface area (Å²) in [7, 11) is 0. The van der Waals surface area contributed by atoms with E-state index in [-0.39, 0.29) is 49.2 Å². The summed E-state index contributed by atoms with van der Waals surface area (Å²) in [6, 6.07) is 16.2. The standard InChI is InChI=1S/C58H90O6/c1-5-7-9-11-13-15-17-19-21-23-29-47-35-39-49(40-36-47)63-55(59)43-45(3)61-57-51-31-25-27-33-53(51)58(54-34-28-26-32-52(54)57)62-46(4)44-56(60)64-50-41-37-48(38-42-50)30-24-22-20-18-16-14-12-10-8-6-2/h25-28,31-34,45-50H,5-24,29-30,35-44H2,1-4H3. The summed E-state index contributed by atoms with van der Waals surface area (Å²) in [5, 5.41) is 3.67. The largest absolute Gasteiger partial charge is 0.489 e. The zero-order chi connectivity index (χ0) is 45.2. The lowest BCUT2D eigenvalue weighted by molar-refractivity contribution is -0.153. The van der Waals surface area contributed by atoms with E-state index in [0.29, 0.717) is 0 Å². The van der Waals surface area contributed by atoms with Crippen LogP contribution in [0.15, 0.2) is 48.5 Å². The van der Waals surface area contributed by atoms with Crippen LogP contribution in [0, 0.1) is 11.8 Å². The van der Waals surface area contributed by atoms with Crippen molar-refractivity contribution in [1.29, 1.82) is 0 Å². The number of esters is 2. The Bertz CT molecular complexity index is 1550. The van der Waals surface area contributed by atoms with Gasteiger partial charge in [-0.05, 0) is 77.0 Å². The maximum Gasteiger partial charge on any atom is 0.309 e. The van der Waals surface area contributed by atoms with Crippen LogP contribution in [0.3, 0.4) is 0 Å². The number of carbonyl (C=O) groups excluding carboxylic acids is 2. The minimum Gasteiger partial charge on any atom is -0.489 e. The molecule has 64 heavy (non-hydrogen) atoms. The topological polar surface area (TPSA) is 71.1 Å². The molecule has 2 atom stereocenters. The summed E-state index contributed by atoms with van der Waals surface area (Å²) in [5.41, 5.74) is 0. The molecule has 2 aliphatic carbocycles. The average molecular weight is 883 g/mol. The van der Waals surface area contributed by atoms with Gasteiger partial charge in [-0.1, -0.05) is 204 Å². The Morgan fingerprint density at radius 1 is 0.438 bits per heavy atom. The minimum atomic E-state index is -0.373. The Balaban J connectivity index is 1.02. The van der Waals surface area contributed by atoms with Gasteiger partial charge in [0.25, 0.3) is 0 Å². The molecule has 6 nitrogen and oxygen atoms in total. The number of fused-ring (bicyclic) bond motifs is 2. The van der Waals surface area contributed by atoms with Crippen molar-refractivity contribution in [3.05, 3.63) is 48.5 Å². The first-order valence-corrected chi connectivity index (χ1v) is 27.0. The molecule has 2 unspecified atom stereocenters. The number of benzene rings is 3. The molecule has 6 heteroatoms. The van der Waals surface area contributed by atoms with Gasteiger partial charge < -0.3 is 18.9 Å². The van der Waals surface area contributed by atoms with Crippen molar-refractivity contribution < 1.29 is 28.5 Å². The fourth-order valence-electron chi connectivity index (χ4n) is 10.6. The van der Waals surface area contributed by atoms with E-state index in [1.165, 1.54) is 141 Å². The van der Waals surface area contributed by atoms with Crippen LogP contribution in [0.1, 0.15) is 233 Å². The molecule has 0 radical (unpaired) electrons. The van der Waals surface area contributed by atoms with E-state index in [0.717, 1.165) is 96.2 Å². The van der Waals surface area contributed by atoms with Crippen LogP contribution in [0.25, 0.3) is 21.5 Å². The van der Waals surface area contributed by atoms with E-state index in [2.05, 4.69) is 38.1 Å². The van der Waals surface area contributed by atoms with E-state index >= 15 is 0 Å².